The number of hydrogen-bond acceptors (Lipinski definition) is 23. The van der Waals surface area contributed by atoms with Gasteiger partial charge in [-0.1, -0.05) is 15.5 Å². The number of aryl methyl sites for hydroxylation is 2. The van der Waals surface area contributed by atoms with E-state index in [2.05, 4.69) is 46.8 Å². The minimum absolute atomic E-state index is 0.0626. The topological polar surface area (TPSA) is 332 Å². The zero-order valence-electron chi connectivity index (χ0n) is 54.3. The molecule has 3 atom stereocenters. The number of amides is 3. The molecule has 5 N–H and O–H groups in total. The van der Waals surface area contributed by atoms with Crippen LogP contribution in [0, 0.1) is 29.8 Å². The van der Waals surface area contributed by atoms with Crippen LogP contribution < -0.4 is 34.7 Å². The molecule has 30 nitrogen and oxygen atoms in total. The van der Waals surface area contributed by atoms with Crippen LogP contribution in [0.25, 0.3) is 10.4 Å². The van der Waals surface area contributed by atoms with Gasteiger partial charge in [-0.2, -0.15) is 0 Å². The zero-order valence-corrected chi connectivity index (χ0v) is 54.3. The number of likely N-dealkylation sites (N-methyl/N-ethyl adjacent to an activating group) is 2. The summed E-state index contributed by atoms with van der Waals surface area (Å²) >= 11 is 0. The van der Waals surface area contributed by atoms with Crippen molar-refractivity contribution in [3.05, 3.63) is 106 Å². The van der Waals surface area contributed by atoms with Gasteiger partial charge < -0.3 is 73.8 Å². The van der Waals surface area contributed by atoms with Crippen molar-refractivity contribution in [1.29, 1.82) is 0 Å². The first kappa shape index (κ1) is 74.8. The van der Waals surface area contributed by atoms with Crippen LogP contribution in [0.3, 0.4) is 0 Å². The molecule has 0 bridgehead atoms. The van der Waals surface area contributed by atoms with Crippen LogP contribution in [0.2, 0.25) is 0 Å². The molecule has 0 aliphatic carbocycles. The molecule has 6 fully saturated rings. The van der Waals surface area contributed by atoms with Gasteiger partial charge >= 0.3 is 18.3 Å². The highest BCUT2D eigenvalue weighted by Crippen LogP contribution is 2.32. The van der Waals surface area contributed by atoms with Crippen molar-refractivity contribution in [2.45, 2.75) is 69.9 Å². The zero-order chi connectivity index (χ0) is 68.6. The predicted octanol–water partition coefficient (Wildman–Crippen LogP) is 4.23. The van der Waals surface area contributed by atoms with Crippen LogP contribution in [0.5, 0.6) is 0 Å². The van der Waals surface area contributed by atoms with Crippen LogP contribution in [0.4, 0.5) is 61.7 Å². The molecular weight excluding hydrogens is 1260 g/mol. The fourth-order valence-electron chi connectivity index (χ4n) is 10.7. The summed E-state index contributed by atoms with van der Waals surface area (Å²) in [5, 5.41) is 56.5. The Labute approximate surface area is 555 Å². The average molecular weight is 1350 g/mol. The smallest absolute Gasteiger partial charge is 0.414 e. The maximum Gasteiger partial charge on any atom is 0.414 e. The molecule has 0 saturated carbocycles. The number of aliphatic hydroxyl groups excluding tert-OH is 4. The molecule has 524 valence electrons. The van der Waals surface area contributed by atoms with Gasteiger partial charge in [-0.15, -0.1) is 22.5 Å². The van der Waals surface area contributed by atoms with Gasteiger partial charge in [-0.25, -0.2) is 36.9 Å². The van der Waals surface area contributed by atoms with Crippen LogP contribution in [-0.2, 0) is 54.4 Å². The van der Waals surface area contributed by atoms with Gasteiger partial charge in [-0.3, -0.25) is 14.7 Å². The third-order valence-electron chi connectivity index (χ3n) is 15.6. The molecule has 3 amide bonds. The van der Waals surface area contributed by atoms with E-state index >= 15 is 0 Å². The van der Waals surface area contributed by atoms with Crippen molar-refractivity contribution in [3.8, 4) is 12.3 Å². The quantitative estimate of drug-likeness (QED) is 0.0136. The SMILES string of the molecule is C#CCCCO.CN(CCO)CCCc1cn(C[C@H]2CN(c3ccc(N4CCOCC4)c(F)c3)C(=O)O2)nn1.CNCCO.O=C1O[C@@H](Cn2cc(CCCO)nn2)CN1c1ccc(N2CCOCC2)c(F)c1.[N-]=[N+]=NC[C@H]1CN(c2ccc(N3CCOCC3)c(F)c2)C(=O)O1. The van der Waals surface area contributed by atoms with Gasteiger partial charge in [-0.05, 0) is 113 Å². The number of nitrogens with zero attached hydrogens (tertiary/aromatic N) is 16. The maximum atomic E-state index is 14.8. The van der Waals surface area contributed by atoms with E-state index in [-0.39, 0.29) is 51.2 Å². The highest BCUT2D eigenvalue weighted by atomic mass is 19.1. The monoisotopic (exact) mass is 1350 g/mol. The lowest BCUT2D eigenvalue weighted by Gasteiger charge is -2.29. The second kappa shape index (κ2) is 40.1. The van der Waals surface area contributed by atoms with E-state index in [9.17, 15) is 27.6 Å². The number of rotatable bonds is 25. The number of azide groups is 1. The van der Waals surface area contributed by atoms with Crippen LogP contribution in [0.1, 0.15) is 37.1 Å². The number of cyclic esters (lactones) is 3. The van der Waals surface area contributed by atoms with Gasteiger partial charge in [0.2, 0.25) is 0 Å². The Morgan fingerprint density at radius 2 is 1.01 bits per heavy atom. The Hall–Kier alpha value is -8.55. The van der Waals surface area contributed by atoms with Gasteiger partial charge in [0.15, 0.2) is 0 Å². The van der Waals surface area contributed by atoms with Crippen molar-refractivity contribution in [2.75, 3.05) is 195 Å². The summed E-state index contributed by atoms with van der Waals surface area (Å²) in [5.41, 5.74) is 12.8. The van der Waals surface area contributed by atoms with E-state index in [1.54, 1.807) is 59.0 Å². The lowest BCUT2D eigenvalue weighted by molar-refractivity contribution is 0.122. The highest BCUT2D eigenvalue weighted by molar-refractivity contribution is 5.91. The lowest BCUT2D eigenvalue weighted by Crippen LogP contribution is -2.36. The number of nitrogens with one attached hydrogen (secondary N) is 1. The Balaban J connectivity index is 0.000000190. The third-order valence-corrected chi connectivity index (χ3v) is 15.6. The Bertz CT molecular complexity index is 3290. The van der Waals surface area contributed by atoms with Gasteiger partial charge in [0.1, 0.15) is 35.8 Å². The molecule has 3 aromatic carbocycles. The normalized spacial score (nSPS) is 18.4. The Morgan fingerprint density at radius 3 is 1.35 bits per heavy atom. The largest absolute Gasteiger partial charge is 0.444 e. The Morgan fingerprint density at radius 1 is 0.604 bits per heavy atom. The van der Waals surface area contributed by atoms with E-state index in [0.29, 0.717) is 172 Å². The van der Waals surface area contributed by atoms with Crippen LogP contribution in [-0.4, -0.2) is 257 Å². The molecular formula is C63H88F3N17O13. The number of halogens is 3. The summed E-state index contributed by atoms with van der Waals surface area (Å²) in [7, 11) is 3.77. The molecule has 11 rings (SSSR count). The van der Waals surface area contributed by atoms with Crippen molar-refractivity contribution in [2.24, 2.45) is 5.11 Å². The molecule has 0 radical (unpaired) electrons. The number of terminal acetylenes is 1. The summed E-state index contributed by atoms with van der Waals surface area (Å²) < 4.78 is 79.0. The number of aromatic nitrogens is 6. The second-order valence-corrected chi connectivity index (χ2v) is 22.6. The summed E-state index contributed by atoms with van der Waals surface area (Å²) in [6, 6.07) is 14.3. The average Bonchev–Trinajstić information content (AvgIpc) is 1.52. The number of unbranched alkanes of at least 4 members (excludes halogenated alkanes) is 1. The summed E-state index contributed by atoms with van der Waals surface area (Å²) in [6.45, 7) is 11.8. The van der Waals surface area contributed by atoms with Gasteiger partial charge in [0.05, 0.1) is 138 Å². The van der Waals surface area contributed by atoms with Crippen LogP contribution >= 0.6 is 0 Å². The molecule has 5 aromatic rings. The molecule has 6 aliphatic heterocycles. The second-order valence-electron chi connectivity index (χ2n) is 22.6. The van der Waals surface area contributed by atoms with E-state index in [0.717, 1.165) is 37.2 Å². The lowest BCUT2D eigenvalue weighted by atomic mass is 10.2. The number of ether oxygens (including phenoxy) is 6. The minimum atomic E-state index is -0.568. The molecule has 2 aromatic heterocycles. The van der Waals surface area contributed by atoms with E-state index in [1.165, 1.54) is 32.9 Å². The number of morpholine rings is 3. The van der Waals surface area contributed by atoms with Crippen molar-refractivity contribution in [3.63, 3.8) is 0 Å². The number of aliphatic hydroxyl groups is 4. The molecule has 33 heteroatoms. The van der Waals surface area contributed by atoms with E-state index < -0.39 is 42.4 Å². The first-order chi connectivity index (χ1) is 46.7. The minimum Gasteiger partial charge on any atom is -0.444 e. The van der Waals surface area contributed by atoms with Crippen molar-refractivity contribution >= 4 is 52.4 Å². The first-order valence-electron chi connectivity index (χ1n) is 32.0. The highest BCUT2D eigenvalue weighted by Gasteiger charge is 2.36. The van der Waals surface area contributed by atoms with Gasteiger partial charge in [0.25, 0.3) is 0 Å². The fourth-order valence-corrected chi connectivity index (χ4v) is 10.7. The Kier molecular flexibility index (Phi) is 31.3. The van der Waals surface area contributed by atoms with Crippen LogP contribution in [0.15, 0.2) is 72.1 Å². The van der Waals surface area contributed by atoms with E-state index in [1.807, 2.05) is 27.9 Å². The summed E-state index contributed by atoms with van der Waals surface area (Å²) in [6.07, 6.45) is 9.98. The molecule has 8 heterocycles. The number of benzene rings is 3. The summed E-state index contributed by atoms with van der Waals surface area (Å²) in [4.78, 5) is 51.3. The summed E-state index contributed by atoms with van der Waals surface area (Å²) in [5.74, 6) is 1.28. The molecule has 0 unspecified atom stereocenters. The fraction of sp³-hybridized carbons (Fsp3) is 0.571. The molecule has 6 saturated heterocycles. The molecule has 0 spiro atoms. The number of hydrogen-bond donors (Lipinski definition) is 5. The predicted molar refractivity (Wildman–Crippen MR) is 350 cm³/mol. The van der Waals surface area contributed by atoms with Gasteiger partial charge in [0, 0.05) is 89.3 Å². The number of carbonyl (C=O) groups excluding carboxylic acids is 3. The molecule has 6 aliphatic rings. The van der Waals surface area contributed by atoms with Crippen molar-refractivity contribution < 1.29 is 76.4 Å². The first-order valence-corrected chi connectivity index (χ1v) is 32.0. The standard InChI is InChI=1S/C22H31FN6O4.C19H24FN5O4.C14H16FN5O3.C5H8O.C3H9NO/c1-26(7-10-30)6-2-3-17-14-28(25-24-17)15-19-16-29(22(31)33-19)18-4-5-21(20(23)13-18)27-8-11-32-12-9-27;20-17-10-15(3-4-18(17)23-5-8-28-9-6-23)25-13-16(29-19(25)27)12-24-11-14(21-22-24)2-1-7-26;15-12-7-10(1-2-13(12)19-3-5-22-6-4-19)20-9-11(8-17-18-16)23-14(20)21;1-2-3-4-5-6;1-4-2-3-5/h4-5,13-14,19,30H,2-3,6-12,15-16H2,1H3;3-4,10-11,16,26H,1-2,5-9,12-13H2;1-2,7,11H,3-6,8-9H2;1,6H,3-5H2;4-5H,2-3H2,1H3/t19-;16-;11-;;/m000../s1. The molecule has 96 heavy (non-hydrogen) atoms. The number of anilines is 6. The van der Waals surface area contributed by atoms with E-state index in [4.69, 9.17) is 60.8 Å². The maximum absolute atomic E-state index is 14.8. The van der Waals surface area contributed by atoms with Crippen molar-refractivity contribution in [1.82, 2.24) is 40.2 Å². The number of carbonyl (C=O) groups is 3. The third kappa shape index (κ3) is 23.1.